The Hall–Kier alpha value is -2.38. The van der Waals surface area contributed by atoms with Gasteiger partial charge in [-0.05, 0) is 76.5 Å². The fraction of sp³-hybridized carbons (Fsp3) is 0.630. The van der Waals surface area contributed by atoms with Gasteiger partial charge in [-0.25, -0.2) is 4.98 Å². The minimum atomic E-state index is 0.382. The average molecular weight is 467 g/mol. The van der Waals surface area contributed by atoms with Gasteiger partial charge >= 0.3 is 0 Å². The highest BCUT2D eigenvalue weighted by Gasteiger charge is 2.21. The first-order valence-electron chi connectivity index (χ1n) is 13.1. The third-order valence-corrected chi connectivity index (χ3v) is 6.76. The van der Waals surface area contributed by atoms with Gasteiger partial charge in [0.15, 0.2) is 0 Å². The van der Waals surface area contributed by atoms with E-state index >= 15 is 0 Å². The summed E-state index contributed by atoms with van der Waals surface area (Å²) in [5.41, 5.74) is 1.33. The number of piperidine rings is 1. The summed E-state index contributed by atoms with van der Waals surface area (Å²) in [5.74, 6) is 2.79. The number of likely N-dealkylation sites (tertiary alicyclic amines) is 1. The molecule has 1 aromatic carbocycles. The summed E-state index contributed by atoms with van der Waals surface area (Å²) in [6.07, 6.45) is 10.5. The maximum absolute atomic E-state index is 5.88. The van der Waals surface area contributed by atoms with Crippen LogP contribution in [0.4, 0.5) is 11.8 Å². The summed E-state index contributed by atoms with van der Waals surface area (Å²) in [7, 11) is 4.19. The Morgan fingerprint density at radius 2 is 1.79 bits per heavy atom. The first-order valence-corrected chi connectivity index (χ1v) is 13.1. The SMILES string of the molecule is CN(C)CCCOc1ccc(CN2CCCC(Nc3nccc(N4CCCCCC4)n3)C2)cc1. The molecule has 4 rings (SSSR count). The molecular weight excluding hydrogens is 424 g/mol. The third kappa shape index (κ3) is 7.84. The predicted molar refractivity (Wildman–Crippen MR) is 140 cm³/mol. The number of hydrogen-bond acceptors (Lipinski definition) is 7. The van der Waals surface area contributed by atoms with Crippen molar-refractivity contribution in [1.82, 2.24) is 19.8 Å². The van der Waals surface area contributed by atoms with Crippen molar-refractivity contribution >= 4 is 11.8 Å². The van der Waals surface area contributed by atoms with E-state index in [0.29, 0.717) is 6.04 Å². The lowest BCUT2D eigenvalue weighted by atomic mass is 10.0. The Kier molecular flexibility index (Phi) is 9.39. The van der Waals surface area contributed by atoms with Gasteiger partial charge < -0.3 is 19.9 Å². The van der Waals surface area contributed by atoms with Crippen molar-refractivity contribution < 1.29 is 4.74 Å². The van der Waals surface area contributed by atoms with Gasteiger partial charge in [0.05, 0.1) is 6.61 Å². The van der Waals surface area contributed by atoms with Gasteiger partial charge in [-0.15, -0.1) is 0 Å². The molecule has 0 amide bonds. The fourth-order valence-corrected chi connectivity index (χ4v) is 4.91. The van der Waals surface area contributed by atoms with E-state index in [1.807, 2.05) is 6.20 Å². The van der Waals surface area contributed by atoms with Crippen LogP contribution in [0.15, 0.2) is 36.5 Å². The van der Waals surface area contributed by atoms with Crippen LogP contribution in [0.5, 0.6) is 5.75 Å². The molecular formula is C27H42N6O. The van der Waals surface area contributed by atoms with Crippen LogP contribution in [0, 0.1) is 0 Å². The van der Waals surface area contributed by atoms with Gasteiger partial charge in [-0.2, -0.15) is 4.98 Å². The van der Waals surface area contributed by atoms with Gasteiger partial charge in [-0.1, -0.05) is 25.0 Å². The highest BCUT2D eigenvalue weighted by molar-refractivity contribution is 5.43. The van der Waals surface area contributed by atoms with Crippen molar-refractivity contribution in [2.75, 3.05) is 63.6 Å². The van der Waals surface area contributed by atoms with Crippen LogP contribution in [-0.2, 0) is 6.54 Å². The summed E-state index contributed by atoms with van der Waals surface area (Å²) >= 11 is 0. The van der Waals surface area contributed by atoms with E-state index < -0.39 is 0 Å². The number of nitrogens with one attached hydrogen (secondary N) is 1. The van der Waals surface area contributed by atoms with E-state index in [9.17, 15) is 0 Å². The quantitative estimate of drug-likeness (QED) is 0.525. The third-order valence-electron chi connectivity index (χ3n) is 6.76. The largest absolute Gasteiger partial charge is 0.494 e. The second kappa shape index (κ2) is 12.9. The molecule has 1 atom stereocenters. The second-order valence-corrected chi connectivity index (χ2v) is 10.0. The molecule has 2 saturated heterocycles. The maximum atomic E-state index is 5.88. The predicted octanol–water partition coefficient (Wildman–Crippen LogP) is 4.26. The van der Waals surface area contributed by atoms with Crippen LogP contribution < -0.4 is 15.0 Å². The van der Waals surface area contributed by atoms with Gasteiger partial charge in [0.25, 0.3) is 0 Å². The molecule has 2 fully saturated rings. The van der Waals surface area contributed by atoms with Crippen LogP contribution in [0.2, 0.25) is 0 Å². The number of rotatable bonds is 10. The van der Waals surface area contributed by atoms with Crippen molar-refractivity contribution in [3.63, 3.8) is 0 Å². The van der Waals surface area contributed by atoms with E-state index in [4.69, 9.17) is 9.72 Å². The number of benzene rings is 1. The normalized spacial score (nSPS) is 19.7. The number of anilines is 2. The van der Waals surface area contributed by atoms with Crippen LogP contribution in [0.1, 0.15) is 50.5 Å². The lowest BCUT2D eigenvalue weighted by Crippen LogP contribution is -2.42. The smallest absolute Gasteiger partial charge is 0.224 e. The summed E-state index contributed by atoms with van der Waals surface area (Å²) in [4.78, 5) is 16.5. The Bertz CT molecular complexity index is 850. The fourth-order valence-electron chi connectivity index (χ4n) is 4.91. The first-order chi connectivity index (χ1) is 16.7. The molecule has 0 bridgehead atoms. The van der Waals surface area contributed by atoms with Crippen LogP contribution in [0.25, 0.3) is 0 Å². The molecule has 0 radical (unpaired) electrons. The number of aromatic nitrogens is 2. The maximum Gasteiger partial charge on any atom is 0.224 e. The molecule has 2 aromatic rings. The molecule has 3 heterocycles. The van der Waals surface area contributed by atoms with Gasteiger partial charge in [0.1, 0.15) is 11.6 Å². The highest BCUT2D eigenvalue weighted by atomic mass is 16.5. The lowest BCUT2D eigenvalue weighted by Gasteiger charge is -2.33. The zero-order chi connectivity index (χ0) is 23.6. The topological polar surface area (TPSA) is 56.8 Å². The molecule has 7 nitrogen and oxygen atoms in total. The summed E-state index contributed by atoms with van der Waals surface area (Å²) in [5, 5.41) is 3.62. The Morgan fingerprint density at radius 3 is 2.56 bits per heavy atom. The lowest BCUT2D eigenvalue weighted by molar-refractivity contribution is 0.208. The molecule has 2 aliphatic rings. The Morgan fingerprint density at radius 1 is 1.00 bits per heavy atom. The van der Waals surface area contributed by atoms with E-state index in [1.54, 1.807) is 0 Å². The number of hydrogen-bond donors (Lipinski definition) is 1. The minimum absolute atomic E-state index is 0.382. The summed E-state index contributed by atoms with van der Waals surface area (Å²) in [6.45, 7) is 7.14. The molecule has 186 valence electrons. The molecule has 0 aliphatic carbocycles. The second-order valence-electron chi connectivity index (χ2n) is 10.0. The van der Waals surface area contributed by atoms with E-state index in [1.165, 1.54) is 37.7 Å². The molecule has 1 unspecified atom stereocenters. The van der Waals surface area contributed by atoms with Crippen LogP contribution in [-0.4, -0.2) is 79.2 Å². The summed E-state index contributed by atoms with van der Waals surface area (Å²) in [6, 6.07) is 11.0. The van der Waals surface area contributed by atoms with Crippen molar-refractivity contribution in [2.24, 2.45) is 0 Å². The van der Waals surface area contributed by atoms with Crippen molar-refractivity contribution in [3.05, 3.63) is 42.1 Å². The highest BCUT2D eigenvalue weighted by Crippen LogP contribution is 2.21. The van der Waals surface area contributed by atoms with Crippen molar-refractivity contribution in [1.29, 1.82) is 0 Å². The zero-order valence-electron chi connectivity index (χ0n) is 21.1. The molecule has 34 heavy (non-hydrogen) atoms. The molecule has 7 heteroatoms. The average Bonchev–Trinajstić information content (AvgIpc) is 3.13. The van der Waals surface area contributed by atoms with Crippen molar-refractivity contribution in [3.8, 4) is 5.75 Å². The molecule has 0 spiro atoms. The number of ether oxygens (including phenoxy) is 1. The number of nitrogens with zero attached hydrogens (tertiary/aromatic N) is 5. The molecule has 1 N–H and O–H groups in total. The first kappa shape index (κ1) is 24.7. The minimum Gasteiger partial charge on any atom is -0.494 e. The molecule has 2 aliphatic heterocycles. The Balaban J connectivity index is 1.25. The van der Waals surface area contributed by atoms with E-state index in [-0.39, 0.29) is 0 Å². The van der Waals surface area contributed by atoms with Gasteiger partial charge in [0, 0.05) is 45.0 Å². The van der Waals surface area contributed by atoms with Crippen LogP contribution >= 0.6 is 0 Å². The van der Waals surface area contributed by atoms with E-state index in [2.05, 4.69) is 69.4 Å². The molecule has 0 saturated carbocycles. The standard InChI is InChI=1S/C27H42N6O/c1-31(2)16-8-20-34-25-12-10-23(11-13-25)21-32-17-7-9-24(22-32)29-27-28-15-14-26(30-27)33-18-5-3-4-6-19-33/h10-15,24H,3-9,16-22H2,1-2H3,(H,28,29,30). The Labute approximate surface area is 205 Å². The summed E-state index contributed by atoms with van der Waals surface area (Å²) < 4.78 is 5.88. The van der Waals surface area contributed by atoms with Crippen LogP contribution in [0.3, 0.4) is 0 Å². The van der Waals surface area contributed by atoms with Gasteiger partial charge in [-0.3, -0.25) is 4.90 Å². The molecule has 1 aromatic heterocycles. The van der Waals surface area contributed by atoms with E-state index in [0.717, 1.165) is 76.2 Å². The van der Waals surface area contributed by atoms with Gasteiger partial charge in [0.2, 0.25) is 5.95 Å². The zero-order valence-corrected chi connectivity index (χ0v) is 21.1. The monoisotopic (exact) mass is 466 g/mol. The van der Waals surface area contributed by atoms with Crippen molar-refractivity contribution in [2.45, 2.75) is 57.5 Å².